The molecule has 43 heavy (non-hydrogen) atoms. The maximum Gasteiger partial charge on any atom is 0.410 e. The van der Waals surface area contributed by atoms with Gasteiger partial charge in [-0.2, -0.15) is 4.98 Å². The van der Waals surface area contributed by atoms with Crippen molar-refractivity contribution < 1.29 is 23.7 Å². The molecule has 7 heteroatoms. The monoisotopic (exact) mass is 580 g/mol. The lowest BCUT2D eigenvalue weighted by molar-refractivity contribution is 0.0126. The van der Waals surface area contributed by atoms with Crippen molar-refractivity contribution in [2.45, 2.75) is 65.5 Å². The topological polar surface area (TPSA) is 70.1 Å². The number of ether oxygens (including phenoxy) is 4. The average molecular weight is 581 g/mol. The lowest BCUT2D eigenvalue weighted by Gasteiger charge is -2.33. The van der Waals surface area contributed by atoms with Crippen LogP contribution in [0.25, 0.3) is 11.1 Å². The molecule has 7 nitrogen and oxygen atoms in total. The van der Waals surface area contributed by atoms with Crippen LogP contribution in [0.4, 0.5) is 4.79 Å². The molecule has 224 valence electrons. The molecule has 3 aromatic carbocycles. The van der Waals surface area contributed by atoms with Crippen LogP contribution in [0, 0.1) is 6.92 Å². The van der Waals surface area contributed by atoms with Crippen LogP contribution < -0.4 is 14.2 Å². The first kappa shape index (κ1) is 30.0. The highest BCUT2D eigenvalue weighted by Gasteiger charge is 2.28. The van der Waals surface area contributed by atoms with Crippen molar-refractivity contribution in [1.82, 2.24) is 9.88 Å². The Labute approximate surface area is 254 Å². The molecule has 0 bridgehead atoms. The summed E-state index contributed by atoms with van der Waals surface area (Å²) in [6.07, 6.45) is 1.22. The number of amides is 1. The number of benzene rings is 3. The van der Waals surface area contributed by atoms with E-state index in [-0.39, 0.29) is 12.2 Å². The Balaban J connectivity index is 1.32. The van der Waals surface area contributed by atoms with Gasteiger partial charge in [0.05, 0.1) is 0 Å². The second-order valence-corrected chi connectivity index (χ2v) is 11.8. The third kappa shape index (κ3) is 8.51. The van der Waals surface area contributed by atoms with Gasteiger partial charge in [0.15, 0.2) is 0 Å². The van der Waals surface area contributed by atoms with Crippen LogP contribution in [0.3, 0.4) is 0 Å². The summed E-state index contributed by atoms with van der Waals surface area (Å²) in [4.78, 5) is 19.0. The minimum Gasteiger partial charge on any atom is -0.490 e. The summed E-state index contributed by atoms with van der Waals surface area (Å²) in [6.45, 7) is 9.72. The number of aromatic nitrogens is 1. The predicted molar refractivity (Wildman–Crippen MR) is 167 cm³/mol. The van der Waals surface area contributed by atoms with Crippen molar-refractivity contribution in [3.8, 4) is 28.6 Å². The summed E-state index contributed by atoms with van der Waals surface area (Å²) in [5.41, 5.74) is 4.54. The molecule has 0 N–H and O–H groups in total. The molecule has 0 aliphatic carbocycles. The van der Waals surface area contributed by atoms with Gasteiger partial charge in [-0.05, 0) is 68.1 Å². The number of hydrogen-bond acceptors (Lipinski definition) is 6. The molecule has 0 atom stereocenters. The van der Waals surface area contributed by atoms with Gasteiger partial charge in [-0.25, -0.2) is 4.79 Å². The van der Waals surface area contributed by atoms with E-state index in [1.807, 2.05) is 106 Å². The summed E-state index contributed by atoms with van der Waals surface area (Å²) in [7, 11) is 0. The highest BCUT2D eigenvalue weighted by Crippen LogP contribution is 2.36. The number of likely N-dealkylation sites (tertiary alicyclic amines) is 1. The molecule has 4 aromatic rings. The standard InChI is InChI=1S/C36H40N2O5/c1-26-15-16-30(42-29-19-21-38(22-20-29)35(39)43-36(2,3)4)23-32(26)31-17-18-33(40-24-27-11-7-5-8-12-27)37-34(31)41-25-28-13-9-6-10-14-28/h5-18,23,29H,19-22,24-25H2,1-4H3. The van der Waals surface area contributed by atoms with E-state index in [0.717, 1.165) is 46.4 Å². The summed E-state index contributed by atoms with van der Waals surface area (Å²) < 4.78 is 24.3. The zero-order valence-electron chi connectivity index (χ0n) is 25.4. The molecule has 0 radical (unpaired) electrons. The molecule has 0 saturated carbocycles. The van der Waals surface area contributed by atoms with Crippen molar-refractivity contribution in [3.05, 3.63) is 108 Å². The lowest BCUT2D eigenvalue weighted by Crippen LogP contribution is -2.44. The Morgan fingerprint density at radius 1 is 0.814 bits per heavy atom. The molecule has 1 amide bonds. The van der Waals surface area contributed by atoms with Crippen molar-refractivity contribution in [1.29, 1.82) is 0 Å². The molecule has 5 rings (SSSR count). The van der Waals surface area contributed by atoms with E-state index in [1.165, 1.54) is 0 Å². The van der Waals surface area contributed by atoms with Crippen LogP contribution in [0.2, 0.25) is 0 Å². The van der Waals surface area contributed by atoms with Crippen molar-refractivity contribution in [2.24, 2.45) is 0 Å². The minimum absolute atomic E-state index is 0.00920. The molecular weight excluding hydrogens is 540 g/mol. The zero-order chi connectivity index (χ0) is 30.2. The van der Waals surface area contributed by atoms with Crippen LogP contribution in [-0.4, -0.2) is 40.8 Å². The highest BCUT2D eigenvalue weighted by atomic mass is 16.6. The maximum atomic E-state index is 12.5. The fourth-order valence-electron chi connectivity index (χ4n) is 4.92. The number of nitrogens with zero attached hydrogens (tertiary/aromatic N) is 2. The van der Waals surface area contributed by atoms with E-state index in [0.29, 0.717) is 38.1 Å². The van der Waals surface area contributed by atoms with Crippen LogP contribution in [0.5, 0.6) is 17.5 Å². The Bertz CT molecular complexity index is 1490. The molecule has 2 heterocycles. The van der Waals surface area contributed by atoms with E-state index in [9.17, 15) is 4.79 Å². The average Bonchev–Trinajstić information content (AvgIpc) is 3.00. The molecule has 1 saturated heterocycles. The van der Waals surface area contributed by atoms with E-state index >= 15 is 0 Å². The minimum atomic E-state index is -0.506. The smallest absolute Gasteiger partial charge is 0.410 e. The second-order valence-electron chi connectivity index (χ2n) is 11.8. The molecule has 0 spiro atoms. The number of carbonyl (C=O) groups is 1. The maximum absolute atomic E-state index is 12.5. The summed E-state index contributed by atoms with van der Waals surface area (Å²) >= 11 is 0. The SMILES string of the molecule is Cc1ccc(OC2CCN(C(=O)OC(C)(C)C)CC2)cc1-c1ccc(OCc2ccccc2)nc1OCc1ccccc1. The highest BCUT2D eigenvalue weighted by molar-refractivity contribution is 5.73. The first-order chi connectivity index (χ1) is 20.7. The first-order valence-corrected chi connectivity index (χ1v) is 14.8. The van der Waals surface area contributed by atoms with E-state index in [2.05, 4.69) is 13.0 Å². The van der Waals surface area contributed by atoms with Gasteiger partial charge in [-0.15, -0.1) is 0 Å². The normalized spacial score (nSPS) is 13.8. The van der Waals surface area contributed by atoms with Gasteiger partial charge in [-0.1, -0.05) is 66.7 Å². The van der Waals surface area contributed by atoms with Crippen LogP contribution in [0.1, 0.15) is 50.3 Å². The molecule has 1 aliphatic heterocycles. The number of piperidine rings is 1. The Hall–Kier alpha value is -4.52. The number of hydrogen-bond donors (Lipinski definition) is 0. The first-order valence-electron chi connectivity index (χ1n) is 14.8. The van der Waals surface area contributed by atoms with E-state index in [1.54, 1.807) is 4.90 Å². The Kier molecular flexibility index (Phi) is 9.50. The number of aryl methyl sites for hydroxylation is 1. The van der Waals surface area contributed by atoms with E-state index < -0.39 is 5.60 Å². The van der Waals surface area contributed by atoms with Gasteiger partial charge in [0, 0.05) is 37.6 Å². The molecule has 1 aromatic heterocycles. The number of rotatable bonds is 9. The molecular formula is C36H40N2O5. The Morgan fingerprint density at radius 3 is 2.07 bits per heavy atom. The lowest BCUT2D eigenvalue weighted by atomic mass is 10.0. The van der Waals surface area contributed by atoms with Crippen molar-refractivity contribution in [3.63, 3.8) is 0 Å². The molecule has 0 unspecified atom stereocenters. The number of pyridine rings is 1. The summed E-state index contributed by atoms with van der Waals surface area (Å²) in [6, 6.07) is 30.0. The van der Waals surface area contributed by atoms with Gasteiger partial charge in [0.2, 0.25) is 11.8 Å². The fraction of sp³-hybridized carbons (Fsp3) is 0.333. The Morgan fingerprint density at radius 2 is 1.44 bits per heavy atom. The van der Waals surface area contributed by atoms with Crippen LogP contribution in [-0.2, 0) is 18.0 Å². The van der Waals surface area contributed by atoms with E-state index in [4.69, 9.17) is 23.9 Å². The molecule has 1 fully saturated rings. The predicted octanol–water partition coefficient (Wildman–Crippen LogP) is 7.99. The van der Waals surface area contributed by atoms with Gasteiger partial charge in [0.25, 0.3) is 0 Å². The quantitative estimate of drug-likeness (QED) is 0.200. The van der Waals surface area contributed by atoms with Gasteiger partial charge < -0.3 is 23.8 Å². The van der Waals surface area contributed by atoms with Gasteiger partial charge in [-0.3, -0.25) is 0 Å². The third-order valence-electron chi connectivity index (χ3n) is 7.18. The van der Waals surface area contributed by atoms with Gasteiger partial charge in [0.1, 0.15) is 30.7 Å². The van der Waals surface area contributed by atoms with Crippen molar-refractivity contribution in [2.75, 3.05) is 13.1 Å². The molecule has 1 aliphatic rings. The third-order valence-corrected chi connectivity index (χ3v) is 7.18. The second kappa shape index (κ2) is 13.6. The summed E-state index contributed by atoms with van der Waals surface area (Å²) in [5.74, 6) is 1.77. The van der Waals surface area contributed by atoms with Crippen LogP contribution in [0.15, 0.2) is 91.0 Å². The fourth-order valence-corrected chi connectivity index (χ4v) is 4.92. The zero-order valence-corrected chi connectivity index (χ0v) is 25.4. The number of carbonyl (C=O) groups excluding carboxylic acids is 1. The summed E-state index contributed by atoms with van der Waals surface area (Å²) in [5, 5.41) is 0. The van der Waals surface area contributed by atoms with Crippen molar-refractivity contribution >= 4 is 6.09 Å². The largest absolute Gasteiger partial charge is 0.490 e. The van der Waals surface area contributed by atoms with Crippen LogP contribution >= 0.6 is 0 Å². The van der Waals surface area contributed by atoms with Gasteiger partial charge >= 0.3 is 6.09 Å².